The van der Waals surface area contributed by atoms with Crippen LogP contribution in [0.25, 0.3) is 16.3 Å². The van der Waals surface area contributed by atoms with E-state index in [-0.39, 0.29) is 6.61 Å². The fourth-order valence-electron chi connectivity index (χ4n) is 2.15. The largest absolute Gasteiger partial charge is 0.392 e. The number of aliphatic hydroxyl groups is 1. The lowest BCUT2D eigenvalue weighted by Crippen LogP contribution is -1.95. The fraction of sp³-hybridized carbons (Fsp3) is 0.250. The molecule has 2 aromatic carbocycles. The highest BCUT2D eigenvalue weighted by molar-refractivity contribution is 5.86. The van der Waals surface area contributed by atoms with Crippen LogP contribution in [0.2, 0.25) is 0 Å². The van der Waals surface area contributed by atoms with Gasteiger partial charge in [-0.3, -0.25) is 0 Å². The van der Waals surface area contributed by atoms with Crippen LogP contribution in [0.15, 0.2) is 48.5 Å². The number of benzene rings is 2. The first kappa shape index (κ1) is 11.9. The molecule has 0 fully saturated rings. The Morgan fingerprint density at radius 2 is 1.82 bits per heavy atom. The molecular weight excluding hydrogens is 208 g/mol. The van der Waals surface area contributed by atoms with Crippen LogP contribution in [0.4, 0.5) is 0 Å². The van der Waals surface area contributed by atoms with Crippen LogP contribution >= 0.6 is 0 Å². The van der Waals surface area contributed by atoms with E-state index in [9.17, 15) is 0 Å². The number of allylic oxidation sites excluding steroid dienone is 1. The average molecular weight is 226 g/mol. The summed E-state index contributed by atoms with van der Waals surface area (Å²) in [6.07, 6.45) is 1.90. The summed E-state index contributed by atoms with van der Waals surface area (Å²) >= 11 is 0. The third-order valence-electron chi connectivity index (χ3n) is 3.02. The highest BCUT2D eigenvalue weighted by atomic mass is 16.2. The molecule has 0 aromatic heterocycles. The lowest BCUT2D eigenvalue weighted by molar-refractivity contribution is 0.342. The van der Waals surface area contributed by atoms with Crippen LogP contribution in [0, 0.1) is 5.92 Å². The summed E-state index contributed by atoms with van der Waals surface area (Å²) in [7, 11) is 0. The molecule has 0 saturated carbocycles. The van der Waals surface area contributed by atoms with E-state index in [1.807, 2.05) is 6.08 Å². The molecule has 88 valence electrons. The zero-order valence-corrected chi connectivity index (χ0v) is 10.4. The molecular formula is C16H18O. The lowest BCUT2D eigenvalue weighted by atomic mass is 9.93. The van der Waals surface area contributed by atoms with Gasteiger partial charge in [-0.1, -0.05) is 56.3 Å². The number of fused-ring (bicyclic) bond motifs is 1. The third kappa shape index (κ3) is 2.56. The number of aliphatic hydroxyl groups excluding tert-OH is 1. The maximum absolute atomic E-state index is 9.08. The van der Waals surface area contributed by atoms with Gasteiger partial charge in [0, 0.05) is 0 Å². The van der Waals surface area contributed by atoms with E-state index >= 15 is 0 Å². The predicted molar refractivity (Wildman–Crippen MR) is 73.8 cm³/mol. The van der Waals surface area contributed by atoms with Crippen molar-refractivity contribution in [1.29, 1.82) is 0 Å². The molecule has 0 saturated heterocycles. The average Bonchev–Trinajstić information content (AvgIpc) is 2.35. The van der Waals surface area contributed by atoms with Crippen molar-refractivity contribution in [2.24, 2.45) is 5.92 Å². The Bertz CT molecular complexity index is 538. The van der Waals surface area contributed by atoms with Gasteiger partial charge < -0.3 is 5.11 Å². The maximum atomic E-state index is 9.08. The van der Waals surface area contributed by atoms with Gasteiger partial charge in [-0.05, 0) is 33.9 Å². The summed E-state index contributed by atoms with van der Waals surface area (Å²) in [5, 5.41) is 11.6. The second kappa shape index (κ2) is 5.15. The molecule has 0 aliphatic carbocycles. The second-order valence-corrected chi connectivity index (χ2v) is 4.56. The Balaban J connectivity index is 2.51. The molecule has 0 heterocycles. The third-order valence-corrected chi connectivity index (χ3v) is 3.02. The molecule has 17 heavy (non-hydrogen) atoms. The van der Waals surface area contributed by atoms with Crippen LogP contribution in [-0.2, 0) is 0 Å². The van der Waals surface area contributed by atoms with E-state index in [0.29, 0.717) is 5.92 Å². The van der Waals surface area contributed by atoms with Crippen LogP contribution in [-0.4, -0.2) is 11.7 Å². The molecule has 0 amide bonds. The van der Waals surface area contributed by atoms with Crippen LogP contribution < -0.4 is 0 Å². The summed E-state index contributed by atoms with van der Waals surface area (Å²) in [6, 6.07) is 14.8. The minimum atomic E-state index is 0.0976. The molecule has 0 radical (unpaired) electrons. The molecule has 0 aliphatic heterocycles. The molecule has 0 unspecified atom stereocenters. The molecule has 1 N–H and O–H groups in total. The van der Waals surface area contributed by atoms with Crippen molar-refractivity contribution in [1.82, 2.24) is 0 Å². The van der Waals surface area contributed by atoms with Crippen LogP contribution in [0.3, 0.4) is 0 Å². The van der Waals surface area contributed by atoms with Crippen LogP contribution in [0.5, 0.6) is 0 Å². The first-order valence-corrected chi connectivity index (χ1v) is 6.02. The number of hydrogen-bond donors (Lipinski definition) is 1. The van der Waals surface area contributed by atoms with Gasteiger partial charge in [0.1, 0.15) is 0 Å². The van der Waals surface area contributed by atoms with Gasteiger partial charge in [-0.25, -0.2) is 0 Å². The van der Waals surface area contributed by atoms with E-state index in [1.54, 1.807) is 0 Å². The second-order valence-electron chi connectivity index (χ2n) is 4.56. The zero-order chi connectivity index (χ0) is 12.3. The van der Waals surface area contributed by atoms with Crippen molar-refractivity contribution in [3.05, 3.63) is 54.1 Å². The molecule has 1 heteroatoms. The van der Waals surface area contributed by atoms with Crippen molar-refractivity contribution in [3.63, 3.8) is 0 Å². The van der Waals surface area contributed by atoms with Gasteiger partial charge in [0.05, 0.1) is 6.61 Å². The van der Waals surface area contributed by atoms with Crippen molar-refractivity contribution in [3.8, 4) is 0 Å². The lowest BCUT2D eigenvalue weighted by Gasteiger charge is -2.12. The molecule has 0 bridgehead atoms. The molecule has 2 aromatic rings. The minimum absolute atomic E-state index is 0.0976. The van der Waals surface area contributed by atoms with Gasteiger partial charge in [-0.2, -0.15) is 0 Å². The van der Waals surface area contributed by atoms with E-state index in [1.165, 1.54) is 21.9 Å². The van der Waals surface area contributed by atoms with Gasteiger partial charge >= 0.3 is 0 Å². The summed E-state index contributed by atoms with van der Waals surface area (Å²) in [5.41, 5.74) is 2.41. The van der Waals surface area contributed by atoms with E-state index in [0.717, 1.165) is 0 Å². The van der Waals surface area contributed by atoms with E-state index in [2.05, 4.69) is 56.3 Å². The topological polar surface area (TPSA) is 20.2 Å². The molecule has 0 aliphatic rings. The fourth-order valence-corrected chi connectivity index (χ4v) is 2.15. The Morgan fingerprint density at radius 3 is 2.47 bits per heavy atom. The predicted octanol–water partition coefficient (Wildman–Crippen LogP) is 3.87. The van der Waals surface area contributed by atoms with Gasteiger partial charge in [0.25, 0.3) is 0 Å². The summed E-state index contributed by atoms with van der Waals surface area (Å²) in [5.74, 6) is 0.420. The van der Waals surface area contributed by atoms with Crippen molar-refractivity contribution in [2.75, 3.05) is 6.61 Å². The monoisotopic (exact) mass is 226 g/mol. The minimum Gasteiger partial charge on any atom is -0.392 e. The summed E-state index contributed by atoms with van der Waals surface area (Å²) in [6.45, 7) is 4.40. The molecule has 0 spiro atoms. The number of hydrogen-bond acceptors (Lipinski definition) is 1. The molecule has 0 atom stereocenters. The zero-order valence-electron chi connectivity index (χ0n) is 10.4. The quantitative estimate of drug-likeness (QED) is 0.842. The maximum Gasteiger partial charge on any atom is 0.0618 e. The normalized spacial score (nSPS) is 12.4. The van der Waals surface area contributed by atoms with Crippen molar-refractivity contribution >= 4 is 16.3 Å². The first-order chi connectivity index (χ1) is 8.22. The highest BCUT2D eigenvalue weighted by Gasteiger charge is 2.06. The first-order valence-electron chi connectivity index (χ1n) is 6.02. The molecule has 2 rings (SSSR count). The summed E-state index contributed by atoms with van der Waals surface area (Å²) < 4.78 is 0. The Kier molecular flexibility index (Phi) is 3.60. The van der Waals surface area contributed by atoms with E-state index in [4.69, 9.17) is 5.11 Å². The number of rotatable bonds is 3. The SMILES string of the molecule is CC(C)C(=CCO)c1ccc2ccccc2c1. The Hall–Kier alpha value is -1.60. The van der Waals surface area contributed by atoms with Crippen molar-refractivity contribution < 1.29 is 5.11 Å². The van der Waals surface area contributed by atoms with E-state index < -0.39 is 0 Å². The van der Waals surface area contributed by atoms with Gasteiger partial charge in [-0.15, -0.1) is 0 Å². The van der Waals surface area contributed by atoms with Crippen molar-refractivity contribution in [2.45, 2.75) is 13.8 Å². The standard InChI is InChI=1S/C16H18O/c1-12(2)16(9-10-17)15-8-7-13-5-3-4-6-14(13)11-15/h3-9,11-12,17H,10H2,1-2H3. The van der Waals surface area contributed by atoms with Gasteiger partial charge in [0.15, 0.2) is 0 Å². The highest BCUT2D eigenvalue weighted by Crippen LogP contribution is 2.26. The van der Waals surface area contributed by atoms with Gasteiger partial charge in [0.2, 0.25) is 0 Å². The smallest absolute Gasteiger partial charge is 0.0618 e. The Labute approximate surface area is 102 Å². The molecule has 1 nitrogen and oxygen atoms in total. The summed E-state index contributed by atoms with van der Waals surface area (Å²) in [4.78, 5) is 0. The van der Waals surface area contributed by atoms with Crippen LogP contribution in [0.1, 0.15) is 19.4 Å². The Morgan fingerprint density at radius 1 is 1.12 bits per heavy atom.